The van der Waals surface area contributed by atoms with E-state index in [0.29, 0.717) is 6.42 Å². The van der Waals surface area contributed by atoms with E-state index in [2.05, 4.69) is 22.3 Å². The number of nitrogens with one attached hydrogen (secondary N) is 1. The Balaban J connectivity index is 1.83. The number of rotatable bonds is 7. The first-order valence-electron chi connectivity index (χ1n) is 6.03. The Morgan fingerprint density at radius 1 is 1.63 bits per heavy atom. The molecule has 2 rings (SSSR count). The van der Waals surface area contributed by atoms with Crippen molar-refractivity contribution in [3.05, 3.63) is 29.5 Å². The van der Waals surface area contributed by atoms with Crippen molar-refractivity contribution in [1.29, 1.82) is 0 Å². The smallest absolute Gasteiger partial charge is 0.303 e. The summed E-state index contributed by atoms with van der Waals surface area (Å²) >= 11 is 1.50. The Hall–Kier alpha value is -1.89. The van der Waals surface area contributed by atoms with Gasteiger partial charge in [-0.05, 0) is 13.0 Å². The van der Waals surface area contributed by atoms with E-state index in [1.54, 1.807) is 6.20 Å². The highest BCUT2D eigenvalue weighted by Crippen LogP contribution is 2.17. The Morgan fingerprint density at radius 3 is 3.16 bits per heavy atom. The minimum absolute atomic E-state index is 0.117. The lowest BCUT2D eigenvalue weighted by molar-refractivity contribution is -0.136. The molecule has 0 fully saturated rings. The van der Waals surface area contributed by atoms with Gasteiger partial charge in [-0.3, -0.25) is 9.48 Å². The minimum atomic E-state index is -0.797. The van der Waals surface area contributed by atoms with E-state index in [0.717, 1.165) is 17.4 Å². The van der Waals surface area contributed by atoms with E-state index >= 15 is 0 Å². The van der Waals surface area contributed by atoms with Gasteiger partial charge in [-0.2, -0.15) is 5.10 Å². The van der Waals surface area contributed by atoms with Crippen molar-refractivity contribution < 1.29 is 9.90 Å². The van der Waals surface area contributed by atoms with Gasteiger partial charge in [-0.25, -0.2) is 4.98 Å². The number of carboxylic acids is 1. The van der Waals surface area contributed by atoms with Gasteiger partial charge in [0.05, 0.1) is 18.7 Å². The van der Waals surface area contributed by atoms with Gasteiger partial charge in [0.1, 0.15) is 0 Å². The molecule has 0 amide bonds. The maximum atomic E-state index is 10.5. The Bertz CT molecular complexity index is 524. The van der Waals surface area contributed by atoms with Crippen LogP contribution in [0, 0.1) is 0 Å². The molecule has 0 aromatic carbocycles. The second kappa shape index (κ2) is 6.33. The molecule has 2 aromatic heterocycles. The van der Waals surface area contributed by atoms with E-state index in [4.69, 9.17) is 5.11 Å². The molecule has 0 aliphatic rings. The molecule has 2 N–H and O–H groups in total. The number of aliphatic carboxylic acids is 1. The first kappa shape index (κ1) is 13.5. The van der Waals surface area contributed by atoms with Crippen LogP contribution >= 0.6 is 11.3 Å². The number of carboxylic acid groups (broad SMARTS) is 1. The fourth-order valence-electron chi connectivity index (χ4n) is 1.67. The zero-order valence-electron chi connectivity index (χ0n) is 10.6. The van der Waals surface area contributed by atoms with Gasteiger partial charge in [0.25, 0.3) is 0 Å². The summed E-state index contributed by atoms with van der Waals surface area (Å²) in [5, 5.41) is 18.8. The quantitative estimate of drug-likeness (QED) is 0.809. The van der Waals surface area contributed by atoms with Crippen LogP contribution in [-0.2, 0) is 17.8 Å². The summed E-state index contributed by atoms with van der Waals surface area (Å²) in [6.45, 7) is 2.82. The molecule has 0 radical (unpaired) electrons. The summed E-state index contributed by atoms with van der Waals surface area (Å²) in [7, 11) is 0. The molecule has 102 valence electrons. The van der Waals surface area contributed by atoms with Crippen molar-refractivity contribution >= 4 is 22.4 Å². The second-order valence-electron chi connectivity index (χ2n) is 4.31. The summed E-state index contributed by atoms with van der Waals surface area (Å²) in [4.78, 5) is 14.9. The van der Waals surface area contributed by atoms with E-state index in [-0.39, 0.29) is 12.5 Å². The number of carbonyl (C=O) groups is 1. The summed E-state index contributed by atoms with van der Waals surface area (Å²) < 4.78 is 1.86. The molecule has 2 heterocycles. The second-order valence-corrected chi connectivity index (χ2v) is 5.17. The molecule has 2 aromatic rings. The van der Waals surface area contributed by atoms with Crippen LogP contribution in [-0.4, -0.2) is 31.9 Å². The van der Waals surface area contributed by atoms with Gasteiger partial charge in [-0.15, -0.1) is 11.3 Å². The zero-order chi connectivity index (χ0) is 13.7. The Kier molecular flexibility index (Phi) is 4.51. The molecule has 1 atom stereocenters. The SMILES string of the molecule is CC(Cn1cccn1)Nc1nc(CCC(=O)O)cs1. The minimum Gasteiger partial charge on any atom is -0.481 e. The summed E-state index contributed by atoms with van der Waals surface area (Å²) in [6, 6.07) is 2.10. The van der Waals surface area contributed by atoms with Crippen LogP contribution in [0.3, 0.4) is 0 Å². The number of aryl methyl sites for hydroxylation is 1. The predicted molar refractivity (Wildman–Crippen MR) is 73.4 cm³/mol. The summed E-state index contributed by atoms with van der Waals surface area (Å²) in [6.07, 6.45) is 4.26. The van der Waals surface area contributed by atoms with Crippen molar-refractivity contribution in [2.24, 2.45) is 0 Å². The third-order valence-electron chi connectivity index (χ3n) is 2.54. The third-order valence-corrected chi connectivity index (χ3v) is 3.36. The maximum absolute atomic E-state index is 10.5. The fraction of sp³-hybridized carbons (Fsp3) is 0.417. The van der Waals surface area contributed by atoms with Crippen molar-refractivity contribution in [3.8, 4) is 0 Å². The topological polar surface area (TPSA) is 80.0 Å². The standard InChI is InChI=1S/C12H16N4O2S/c1-9(7-16-6-2-5-13-16)14-12-15-10(8-19-12)3-4-11(17)18/h2,5-6,8-9H,3-4,7H2,1H3,(H,14,15)(H,17,18). The van der Waals surface area contributed by atoms with E-state index in [1.807, 2.05) is 22.3 Å². The molecule has 0 bridgehead atoms. The molecule has 6 nitrogen and oxygen atoms in total. The molecular weight excluding hydrogens is 264 g/mol. The van der Waals surface area contributed by atoms with Gasteiger partial charge >= 0.3 is 5.97 Å². The van der Waals surface area contributed by atoms with Crippen LogP contribution in [0.5, 0.6) is 0 Å². The predicted octanol–water partition coefficient (Wildman–Crippen LogP) is 1.86. The van der Waals surface area contributed by atoms with Crippen molar-refractivity contribution in [2.45, 2.75) is 32.4 Å². The molecule has 0 spiro atoms. The number of thiazole rings is 1. The molecular formula is C12H16N4O2S. The van der Waals surface area contributed by atoms with Crippen LogP contribution in [0.25, 0.3) is 0 Å². The number of hydrogen-bond acceptors (Lipinski definition) is 5. The molecule has 0 saturated heterocycles. The van der Waals surface area contributed by atoms with E-state index in [1.165, 1.54) is 11.3 Å². The van der Waals surface area contributed by atoms with Gasteiger partial charge < -0.3 is 10.4 Å². The molecule has 0 aliphatic heterocycles. The van der Waals surface area contributed by atoms with Crippen molar-refractivity contribution in [3.63, 3.8) is 0 Å². The van der Waals surface area contributed by atoms with Crippen LogP contribution in [0.2, 0.25) is 0 Å². The van der Waals surface area contributed by atoms with Gasteiger partial charge in [0, 0.05) is 30.2 Å². The molecule has 7 heteroatoms. The first-order chi connectivity index (χ1) is 9.13. The maximum Gasteiger partial charge on any atom is 0.303 e. The van der Waals surface area contributed by atoms with Crippen molar-refractivity contribution in [2.75, 3.05) is 5.32 Å². The average molecular weight is 280 g/mol. The molecule has 0 aliphatic carbocycles. The van der Waals surface area contributed by atoms with Gasteiger partial charge in [-0.1, -0.05) is 0 Å². The number of hydrogen-bond donors (Lipinski definition) is 2. The van der Waals surface area contributed by atoms with Gasteiger partial charge in [0.15, 0.2) is 5.13 Å². The molecule has 19 heavy (non-hydrogen) atoms. The van der Waals surface area contributed by atoms with Crippen LogP contribution in [0.15, 0.2) is 23.8 Å². The van der Waals surface area contributed by atoms with Crippen LogP contribution < -0.4 is 5.32 Å². The monoisotopic (exact) mass is 280 g/mol. The first-order valence-corrected chi connectivity index (χ1v) is 6.91. The Labute approximate surface area is 115 Å². The summed E-state index contributed by atoms with van der Waals surface area (Å²) in [5.74, 6) is -0.797. The lowest BCUT2D eigenvalue weighted by atomic mass is 10.2. The number of anilines is 1. The van der Waals surface area contributed by atoms with Gasteiger partial charge in [0.2, 0.25) is 0 Å². The molecule has 1 unspecified atom stereocenters. The van der Waals surface area contributed by atoms with E-state index < -0.39 is 5.97 Å². The number of aromatic nitrogens is 3. The lowest BCUT2D eigenvalue weighted by Gasteiger charge is -2.12. The lowest BCUT2D eigenvalue weighted by Crippen LogP contribution is -2.22. The highest BCUT2D eigenvalue weighted by atomic mass is 32.1. The Morgan fingerprint density at radius 2 is 2.47 bits per heavy atom. The van der Waals surface area contributed by atoms with Crippen LogP contribution in [0.4, 0.5) is 5.13 Å². The third kappa shape index (κ3) is 4.36. The highest BCUT2D eigenvalue weighted by molar-refractivity contribution is 7.13. The average Bonchev–Trinajstić information content (AvgIpc) is 2.98. The van der Waals surface area contributed by atoms with Crippen molar-refractivity contribution in [1.82, 2.24) is 14.8 Å². The number of nitrogens with zero attached hydrogens (tertiary/aromatic N) is 3. The normalized spacial score (nSPS) is 12.3. The van der Waals surface area contributed by atoms with Crippen LogP contribution in [0.1, 0.15) is 19.0 Å². The molecule has 0 saturated carbocycles. The fourth-order valence-corrected chi connectivity index (χ4v) is 2.53. The van der Waals surface area contributed by atoms with E-state index in [9.17, 15) is 4.79 Å². The zero-order valence-corrected chi connectivity index (χ0v) is 11.4. The largest absolute Gasteiger partial charge is 0.481 e. The highest BCUT2D eigenvalue weighted by Gasteiger charge is 2.08. The summed E-state index contributed by atoms with van der Waals surface area (Å²) in [5.41, 5.74) is 0.821.